The first-order valence-corrected chi connectivity index (χ1v) is 8.64. The minimum Gasteiger partial charge on any atom is -0.248 e. The molecule has 1 saturated carbocycles. The van der Waals surface area contributed by atoms with Crippen molar-refractivity contribution in [1.29, 1.82) is 0 Å². The van der Waals surface area contributed by atoms with Crippen molar-refractivity contribution in [2.24, 2.45) is 11.3 Å². The Morgan fingerprint density at radius 3 is 2.87 bits per heavy atom. The quantitative estimate of drug-likeness (QED) is 0.795. The second-order valence-corrected chi connectivity index (χ2v) is 7.48. The summed E-state index contributed by atoms with van der Waals surface area (Å²) in [5.74, 6) is 6.44. The van der Waals surface area contributed by atoms with Crippen molar-refractivity contribution in [1.82, 2.24) is 9.29 Å². The first kappa shape index (κ1) is 14.6. The Morgan fingerprint density at radius 1 is 1.26 bits per heavy atom. The normalized spacial score (nSPS) is 26.9. The SMILES string of the molecule is O=S(c1ccccc1F)N1CC2CC2(C#Cc2ccccn2)C1. The van der Waals surface area contributed by atoms with Crippen molar-refractivity contribution in [3.05, 3.63) is 60.2 Å². The van der Waals surface area contributed by atoms with Crippen LogP contribution in [0.25, 0.3) is 0 Å². The molecule has 1 aromatic heterocycles. The lowest BCUT2D eigenvalue weighted by Crippen LogP contribution is -2.27. The maximum absolute atomic E-state index is 13.8. The summed E-state index contributed by atoms with van der Waals surface area (Å²) in [6.45, 7) is 1.33. The average Bonchev–Trinajstić information content (AvgIpc) is 3.14. The zero-order valence-corrected chi connectivity index (χ0v) is 13.2. The number of aromatic nitrogens is 1. The van der Waals surface area contributed by atoms with Gasteiger partial charge in [0.05, 0.1) is 10.3 Å². The van der Waals surface area contributed by atoms with E-state index in [2.05, 4.69) is 16.8 Å². The van der Waals surface area contributed by atoms with E-state index in [0.29, 0.717) is 19.0 Å². The maximum atomic E-state index is 13.8. The second kappa shape index (κ2) is 5.55. The summed E-state index contributed by atoms with van der Waals surface area (Å²) in [4.78, 5) is 4.46. The minimum absolute atomic E-state index is 0.0988. The van der Waals surface area contributed by atoms with Crippen molar-refractivity contribution in [2.45, 2.75) is 11.3 Å². The van der Waals surface area contributed by atoms with Crippen LogP contribution in [-0.2, 0) is 11.0 Å². The van der Waals surface area contributed by atoms with Gasteiger partial charge in [0.15, 0.2) is 0 Å². The fourth-order valence-electron chi connectivity index (χ4n) is 3.11. The van der Waals surface area contributed by atoms with Gasteiger partial charge in [-0.1, -0.05) is 24.1 Å². The number of piperidine rings is 1. The molecule has 2 fully saturated rings. The summed E-state index contributed by atoms with van der Waals surface area (Å²) >= 11 is 0. The van der Waals surface area contributed by atoms with Crippen molar-refractivity contribution in [3.8, 4) is 11.8 Å². The Bertz CT molecular complexity index is 830. The Hall–Kier alpha value is -2.03. The van der Waals surface area contributed by atoms with E-state index in [1.165, 1.54) is 6.07 Å². The van der Waals surface area contributed by atoms with E-state index in [4.69, 9.17) is 0 Å². The van der Waals surface area contributed by atoms with Gasteiger partial charge in [-0.25, -0.2) is 17.9 Å². The fraction of sp³-hybridized carbons (Fsp3) is 0.278. The zero-order chi connectivity index (χ0) is 15.9. The van der Waals surface area contributed by atoms with E-state index < -0.39 is 16.8 Å². The summed E-state index contributed by atoms with van der Waals surface area (Å²) in [6.07, 6.45) is 2.75. The van der Waals surface area contributed by atoms with Gasteiger partial charge in [0.25, 0.3) is 0 Å². The van der Waals surface area contributed by atoms with E-state index in [1.807, 2.05) is 22.5 Å². The largest absolute Gasteiger partial charge is 0.248 e. The predicted octanol–water partition coefficient (Wildman–Crippen LogP) is 2.62. The van der Waals surface area contributed by atoms with Gasteiger partial charge in [-0.15, -0.1) is 0 Å². The van der Waals surface area contributed by atoms with Gasteiger partial charge in [-0.3, -0.25) is 0 Å². The number of pyridine rings is 1. The van der Waals surface area contributed by atoms with Crippen molar-refractivity contribution < 1.29 is 8.60 Å². The lowest BCUT2D eigenvalue weighted by Gasteiger charge is -2.17. The number of halogens is 1. The summed E-state index contributed by atoms with van der Waals surface area (Å²) in [6, 6.07) is 11.9. The molecule has 116 valence electrons. The van der Waals surface area contributed by atoms with Crippen LogP contribution in [0.3, 0.4) is 0 Å². The Morgan fingerprint density at radius 2 is 2.09 bits per heavy atom. The Labute approximate surface area is 137 Å². The number of rotatable bonds is 2. The monoisotopic (exact) mass is 326 g/mol. The molecular weight excluding hydrogens is 311 g/mol. The number of hydrogen-bond donors (Lipinski definition) is 0. The van der Waals surface area contributed by atoms with E-state index in [1.54, 1.807) is 24.4 Å². The van der Waals surface area contributed by atoms with Crippen molar-refractivity contribution in [2.75, 3.05) is 13.1 Å². The van der Waals surface area contributed by atoms with E-state index in [-0.39, 0.29) is 10.3 Å². The smallest absolute Gasteiger partial charge is 0.140 e. The fourth-order valence-corrected chi connectivity index (χ4v) is 4.48. The molecule has 3 unspecified atom stereocenters. The molecule has 23 heavy (non-hydrogen) atoms. The molecule has 3 nitrogen and oxygen atoms in total. The van der Waals surface area contributed by atoms with Crippen LogP contribution in [0.5, 0.6) is 0 Å². The lowest BCUT2D eigenvalue weighted by atomic mass is 10.1. The van der Waals surface area contributed by atoms with Crippen LogP contribution >= 0.6 is 0 Å². The van der Waals surface area contributed by atoms with Crippen LogP contribution in [0.15, 0.2) is 53.6 Å². The highest BCUT2D eigenvalue weighted by Gasteiger charge is 2.60. The molecule has 5 heteroatoms. The van der Waals surface area contributed by atoms with Gasteiger partial charge >= 0.3 is 0 Å². The molecule has 0 amide bonds. The topological polar surface area (TPSA) is 33.2 Å². The van der Waals surface area contributed by atoms with Crippen LogP contribution < -0.4 is 0 Å². The maximum Gasteiger partial charge on any atom is 0.140 e. The van der Waals surface area contributed by atoms with E-state index in [9.17, 15) is 8.60 Å². The highest BCUT2D eigenvalue weighted by Crippen LogP contribution is 2.57. The molecule has 0 bridgehead atoms. The lowest BCUT2D eigenvalue weighted by molar-refractivity contribution is 0.463. The number of benzene rings is 1. The van der Waals surface area contributed by atoms with Gasteiger partial charge < -0.3 is 0 Å². The number of fused-ring (bicyclic) bond motifs is 1. The van der Waals surface area contributed by atoms with Crippen LogP contribution in [0, 0.1) is 29.0 Å². The average molecular weight is 326 g/mol. The molecule has 2 aromatic rings. The van der Waals surface area contributed by atoms with Crippen molar-refractivity contribution in [3.63, 3.8) is 0 Å². The standard InChI is InChI=1S/C18H15FN2OS/c19-16-6-1-2-7-17(16)23(22)21-12-14-11-18(14,13-21)9-8-15-5-3-4-10-20-15/h1-7,10,14H,11-13H2. The highest BCUT2D eigenvalue weighted by molar-refractivity contribution is 7.82. The number of hydrogen-bond acceptors (Lipinski definition) is 2. The summed E-state index contributed by atoms with van der Waals surface area (Å²) in [5, 5.41) is 0. The Kier molecular flexibility index (Phi) is 3.51. The molecule has 2 aliphatic rings. The van der Waals surface area contributed by atoms with Crippen LogP contribution in [0.1, 0.15) is 12.1 Å². The zero-order valence-electron chi connectivity index (χ0n) is 12.4. The first-order chi connectivity index (χ1) is 11.2. The first-order valence-electron chi connectivity index (χ1n) is 7.53. The molecule has 0 N–H and O–H groups in total. The molecule has 1 aliphatic carbocycles. The van der Waals surface area contributed by atoms with Gasteiger partial charge in [-0.2, -0.15) is 0 Å². The minimum atomic E-state index is -1.46. The molecule has 0 radical (unpaired) electrons. The molecule has 4 rings (SSSR count). The summed E-state index contributed by atoms with van der Waals surface area (Å²) in [7, 11) is -1.46. The van der Waals surface area contributed by atoms with Crippen LogP contribution in [0.4, 0.5) is 4.39 Å². The summed E-state index contributed by atoms with van der Waals surface area (Å²) < 4.78 is 28.2. The molecule has 2 heterocycles. The second-order valence-electron chi connectivity index (χ2n) is 6.02. The van der Waals surface area contributed by atoms with Crippen LogP contribution in [0.2, 0.25) is 0 Å². The molecule has 1 aromatic carbocycles. The van der Waals surface area contributed by atoms with Gasteiger partial charge in [0.2, 0.25) is 0 Å². The molecule has 3 atom stereocenters. The third kappa shape index (κ3) is 2.69. The predicted molar refractivity (Wildman–Crippen MR) is 86.0 cm³/mol. The molecule has 1 saturated heterocycles. The van der Waals surface area contributed by atoms with E-state index in [0.717, 1.165) is 12.1 Å². The summed E-state index contributed by atoms with van der Waals surface area (Å²) in [5.41, 5.74) is 0.652. The van der Waals surface area contributed by atoms with E-state index >= 15 is 0 Å². The van der Waals surface area contributed by atoms with Gasteiger partial charge in [-0.05, 0) is 42.5 Å². The van der Waals surface area contributed by atoms with Gasteiger partial charge in [0.1, 0.15) is 22.5 Å². The number of nitrogens with zero attached hydrogens (tertiary/aromatic N) is 2. The van der Waals surface area contributed by atoms with Crippen LogP contribution in [-0.4, -0.2) is 26.6 Å². The molecular formula is C18H15FN2OS. The van der Waals surface area contributed by atoms with Crippen molar-refractivity contribution >= 4 is 11.0 Å². The molecule has 1 aliphatic heterocycles. The third-order valence-corrected chi connectivity index (χ3v) is 5.93. The Balaban J connectivity index is 1.51. The van der Waals surface area contributed by atoms with Gasteiger partial charge in [0, 0.05) is 19.3 Å². The highest BCUT2D eigenvalue weighted by atomic mass is 32.2. The third-order valence-electron chi connectivity index (χ3n) is 4.48. The molecule has 0 spiro atoms.